The molecule has 0 radical (unpaired) electrons. The highest BCUT2D eigenvalue weighted by molar-refractivity contribution is 7.92. The third kappa shape index (κ3) is 5.12. The van der Waals surface area contributed by atoms with Crippen LogP contribution in [-0.4, -0.2) is 31.9 Å². The summed E-state index contributed by atoms with van der Waals surface area (Å²) in [5.41, 5.74) is 5.31. The van der Waals surface area contributed by atoms with Gasteiger partial charge in [-0.25, -0.2) is 13.4 Å². The van der Waals surface area contributed by atoms with Crippen molar-refractivity contribution >= 4 is 15.8 Å². The molecule has 5 nitrogen and oxygen atoms in total. The Kier molecular flexibility index (Phi) is 5.74. The molecule has 1 aromatic carbocycles. The van der Waals surface area contributed by atoms with Crippen molar-refractivity contribution < 1.29 is 21.6 Å². The van der Waals surface area contributed by atoms with E-state index in [1.807, 2.05) is 0 Å². The topological polar surface area (TPSA) is 84.5 Å². The van der Waals surface area contributed by atoms with Gasteiger partial charge in [0.15, 0.2) is 15.8 Å². The summed E-state index contributed by atoms with van der Waals surface area (Å²) in [6, 6.07) is 4.84. The van der Waals surface area contributed by atoms with Crippen LogP contribution in [0.4, 0.5) is 13.2 Å². The maximum Gasteiger partial charge on any atom is 0.416 e. The molecule has 1 saturated heterocycles. The van der Waals surface area contributed by atoms with Crippen LogP contribution in [0.3, 0.4) is 0 Å². The van der Waals surface area contributed by atoms with Crippen LogP contribution in [0.25, 0.3) is 0 Å². The summed E-state index contributed by atoms with van der Waals surface area (Å²) in [4.78, 5) is 3.97. The van der Waals surface area contributed by atoms with Gasteiger partial charge in [-0.2, -0.15) is 13.2 Å². The molecule has 134 valence electrons. The normalized spacial score (nSPS) is 21.5. The molecule has 0 bridgehead atoms. The molecule has 9 heteroatoms. The molecule has 1 aliphatic heterocycles. The third-order valence-electron chi connectivity index (χ3n) is 3.91. The molecule has 0 aliphatic carbocycles. The Bertz CT molecular complexity index is 702. The van der Waals surface area contributed by atoms with Gasteiger partial charge < -0.3 is 11.1 Å². The van der Waals surface area contributed by atoms with E-state index in [1.54, 1.807) is 0 Å². The molecule has 3 N–H and O–H groups in total. The number of hydrogen-bond donors (Lipinski definition) is 2. The molecule has 0 saturated carbocycles. The molecule has 1 aliphatic rings. The summed E-state index contributed by atoms with van der Waals surface area (Å²) >= 11 is 0. The molecule has 1 aromatic rings. The van der Waals surface area contributed by atoms with E-state index in [2.05, 4.69) is 10.3 Å². The Balaban J connectivity index is 1.92. The maximum absolute atomic E-state index is 12.6. The zero-order valence-corrected chi connectivity index (χ0v) is 13.8. The minimum Gasteiger partial charge on any atom is -0.370 e. The van der Waals surface area contributed by atoms with Crippen molar-refractivity contribution in [2.24, 2.45) is 10.7 Å². The Morgan fingerprint density at radius 1 is 1.33 bits per heavy atom. The second kappa shape index (κ2) is 7.42. The fourth-order valence-electron chi connectivity index (χ4n) is 2.55. The monoisotopic (exact) mass is 363 g/mol. The number of hydrogen-bond acceptors (Lipinski definition) is 3. The van der Waals surface area contributed by atoms with Crippen LogP contribution in [0.5, 0.6) is 0 Å². The molecule has 1 heterocycles. The van der Waals surface area contributed by atoms with Crippen molar-refractivity contribution in [3.8, 4) is 0 Å². The lowest BCUT2D eigenvalue weighted by Gasteiger charge is -2.22. The van der Waals surface area contributed by atoms with Crippen molar-refractivity contribution in [2.45, 2.75) is 37.2 Å². The fraction of sp³-hybridized carbons (Fsp3) is 0.533. The second-order valence-electron chi connectivity index (χ2n) is 5.77. The van der Waals surface area contributed by atoms with Crippen molar-refractivity contribution in [3.05, 3.63) is 35.4 Å². The Morgan fingerprint density at radius 3 is 2.75 bits per heavy atom. The summed E-state index contributed by atoms with van der Waals surface area (Å²) in [6.07, 6.45) is -2.29. The molecule has 2 rings (SSSR count). The summed E-state index contributed by atoms with van der Waals surface area (Å²) < 4.78 is 61.7. The maximum atomic E-state index is 12.6. The van der Waals surface area contributed by atoms with Gasteiger partial charge in [0.25, 0.3) is 0 Å². The molecule has 1 unspecified atom stereocenters. The first-order chi connectivity index (χ1) is 11.2. The standard InChI is InChI=1S/C15H20F3N3O2S/c16-15(17,18)12-5-3-4-11(8-12)9-20-14(19)21-10-13-6-1-2-7-24(13,22)23/h3-5,8,13H,1-2,6-7,9-10H2,(H3,19,20,21). The first-order valence-corrected chi connectivity index (χ1v) is 9.31. The minimum absolute atomic E-state index is 0.0137. The number of alkyl halides is 3. The summed E-state index contributed by atoms with van der Waals surface area (Å²) in [5, 5.41) is 2.26. The first kappa shape index (κ1) is 18.6. The lowest BCUT2D eigenvalue weighted by Crippen LogP contribution is -2.42. The predicted molar refractivity (Wildman–Crippen MR) is 86.2 cm³/mol. The van der Waals surface area contributed by atoms with Crippen LogP contribution in [-0.2, 0) is 22.6 Å². The first-order valence-electron chi connectivity index (χ1n) is 7.60. The van der Waals surface area contributed by atoms with Gasteiger partial charge >= 0.3 is 6.18 Å². The highest BCUT2D eigenvalue weighted by Crippen LogP contribution is 2.29. The average Bonchev–Trinajstić information content (AvgIpc) is 2.51. The molecule has 24 heavy (non-hydrogen) atoms. The van der Waals surface area contributed by atoms with Gasteiger partial charge in [0.2, 0.25) is 0 Å². The average molecular weight is 363 g/mol. The molecule has 1 fully saturated rings. The number of aliphatic imine (C=N–C) groups is 1. The van der Waals surface area contributed by atoms with Crippen molar-refractivity contribution in [3.63, 3.8) is 0 Å². The molecule has 0 amide bonds. The molecule has 1 atom stereocenters. The van der Waals surface area contributed by atoms with Crippen molar-refractivity contribution in [2.75, 3.05) is 12.3 Å². The van der Waals surface area contributed by atoms with Crippen LogP contribution in [0.15, 0.2) is 29.3 Å². The van der Waals surface area contributed by atoms with Crippen LogP contribution >= 0.6 is 0 Å². The number of halogens is 3. The van der Waals surface area contributed by atoms with Gasteiger partial charge in [0.1, 0.15) is 0 Å². The lowest BCUT2D eigenvalue weighted by atomic mass is 10.1. The zero-order valence-electron chi connectivity index (χ0n) is 13.0. The Labute approximate surface area is 139 Å². The number of guanidine groups is 1. The Morgan fingerprint density at radius 2 is 2.08 bits per heavy atom. The van der Waals surface area contributed by atoms with Gasteiger partial charge in [-0.3, -0.25) is 0 Å². The van der Waals surface area contributed by atoms with Crippen molar-refractivity contribution in [1.29, 1.82) is 0 Å². The lowest BCUT2D eigenvalue weighted by molar-refractivity contribution is -0.137. The molecular formula is C15H20F3N3O2S. The van der Waals surface area contributed by atoms with E-state index in [9.17, 15) is 21.6 Å². The fourth-order valence-corrected chi connectivity index (χ4v) is 4.35. The van der Waals surface area contributed by atoms with E-state index < -0.39 is 26.8 Å². The van der Waals surface area contributed by atoms with E-state index in [4.69, 9.17) is 5.73 Å². The van der Waals surface area contributed by atoms with Gasteiger partial charge in [0.05, 0.1) is 23.1 Å². The predicted octanol–water partition coefficient (Wildman–Crippen LogP) is 2.08. The number of nitrogens with one attached hydrogen (secondary N) is 1. The molecular weight excluding hydrogens is 343 g/mol. The highest BCUT2D eigenvalue weighted by atomic mass is 32.2. The molecule has 0 spiro atoms. The van der Waals surface area contributed by atoms with Gasteiger partial charge in [0, 0.05) is 6.54 Å². The number of rotatable bonds is 4. The summed E-state index contributed by atoms with van der Waals surface area (Å²) in [6.45, 7) is 0.153. The van der Waals surface area contributed by atoms with Crippen LogP contribution in [0.1, 0.15) is 30.4 Å². The SMILES string of the molecule is NC(=NCc1cccc(C(F)(F)F)c1)NCC1CCCCS1(=O)=O. The van der Waals surface area contributed by atoms with Crippen molar-refractivity contribution in [1.82, 2.24) is 5.32 Å². The van der Waals surface area contributed by atoms with E-state index in [-0.39, 0.29) is 24.8 Å². The summed E-state index contributed by atoms with van der Waals surface area (Å²) in [7, 11) is -3.11. The summed E-state index contributed by atoms with van der Waals surface area (Å²) in [5.74, 6) is 0.203. The van der Waals surface area contributed by atoms with Crippen LogP contribution in [0, 0.1) is 0 Å². The molecule has 0 aromatic heterocycles. The largest absolute Gasteiger partial charge is 0.416 e. The van der Waals surface area contributed by atoms with Crippen LogP contribution in [0.2, 0.25) is 0 Å². The number of nitrogens with zero attached hydrogens (tertiary/aromatic N) is 1. The number of benzene rings is 1. The number of nitrogens with two attached hydrogens (primary N) is 1. The van der Waals surface area contributed by atoms with Gasteiger partial charge in [-0.15, -0.1) is 0 Å². The Hall–Kier alpha value is -1.77. The van der Waals surface area contributed by atoms with E-state index >= 15 is 0 Å². The van der Waals surface area contributed by atoms with Gasteiger partial charge in [-0.1, -0.05) is 18.6 Å². The zero-order chi connectivity index (χ0) is 17.8. The van der Waals surface area contributed by atoms with E-state index in [1.165, 1.54) is 12.1 Å². The van der Waals surface area contributed by atoms with Crippen LogP contribution < -0.4 is 11.1 Å². The van der Waals surface area contributed by atoms with E-state index in [0.29, 0.717) is 18.4 Å². The highest BCUT2D eigenvalue weighted by Gasteiger charge is 2.30. The number of sulfone groups is 1. The minimum atomic E-state index is -4.40. The quantitative estimate of drug-likeness (QED) is 0.634. The second-order valence-corrected chi connectivity index (χ2v) is 8.17. The smallest absolute Gasteiger partial charge is 0.370 e. The van der Waals surface area contributed by atoms with Gasteiger partial charge in [-0.05, 0) is 30.5 Å². The third-order valence-corrected chi connectivity index (χ3v) is 6.19. The van der Waals surface area contributed by atoms with E-state index in [0.717, 1.165) is 18.6 Å².